The van der Waals surface area contributed by atoms with Crippen molar-refractivity contribution >= 4 is 23.5 Å². The van der Waals surface area contributed by atoms with E-state index in [0.29, 0.717) is 0 Å². The number of amides is 1. The zero-order valence-corrected chi connectivity index (χ0v) is 10.8. The summed E-state index contributed by atoms with van der Waals surface area (Å²) < 4.78 is 0. The number of aromatic hydroxyl groups is 1. The zero-order chi connectivity index (χ0) is 15.4. The van der Waals surface area contributed by atoms with Gasteiger partial charge in [0.25, 0.3) is 5.91 Å². The first-order valence-electron chi connectivity index (χ1n) is 5.52. The second-order valence-electron chi connectivity index (χ2n) is 4.05. The molecule has 106 valence electrons. The molecule has 0 unspecified atom stereocenters. The van der Waals surface area contributed by atoms with Crippen LogP contribution in [0.2, 0.25) is 0 Å². The minimum absolute atomic E-state index is 0.00227. The monoisotopic (exact) mass is 279 g/mol. The van der Waals surface area contributed by atoms with Crippen LogP contribution in [0.4, 0.5) is 5.69 Å². The molecule has 0 aromatic heterocycles. The van der Waals surface area contributed by atoms with E-state index in [0.717, 1.165) is 12.1 Å². The number of rotatable bonds is 4. The van der Waals surface area contributed by atoms with Gasteiger partial charge >= 0.3 is 11.9 Å². The summed E-state index contributed by atoms with van der Waals surface area (Å²) in [7, 11) is 0. The van der Waals surface area contributed by atoms with Crippen LogP contribution in [-0.2, 0) is 9.59 Å². The fraction of sp³-hybridized carbons (Fsp3) is 0.154. The maximum Gasteiger partial charge on any atom is 0.339 e. The average molecular weight is 279 g/mol. The molecule has 1 amide bonds. The quantitative estimate of drug-likeness (QED) is 0.488. The van der Waals surface area contributed by atoms with E-state index in [1.165, 1.54) is 19.9 Å². The van der Waals surface area contributed by atoms with Crippen LogP contribution in [0.15, 0.2) is 29.3 Å². The lowest BCUT2D eigenvalue weighted by molar-refractivity contribution is -0.133. The van der Waals surface area contributed by atoms with Gasteiger partial charge in [-0.1, -0.05) is 0 Å². The van der Waals surface area contributed by atoms with E-state index in [-0.39, 0.29) is 22.4 Å². The molecule has 0 atom stereocenters. The summed E-state index contributed by atoms with van der Waals surface area (Å²) in [5.41, 5.74) is -0.329. The van der Waals surface area contributed by atoms with Gasteiger partial charge in [-0.2, -0.15) is 0 Å². The lowest BCUT2D eigenvalue weighted by atomic mass is 10.1. The number of aliphatic carboxylic acids is 1. The number of benzene rings is 1. The van der Waals surface area contributed by atoms with Crippen LogP contribution in [0.5, 0.6) is 5.75 Å². The van der Waals surface area contributed by atoms with E-state index in [1.54, 1.807) is 0 Å². The molecule has 1 rings (SSSR count). The number of carboxylic acid groups (broad SMARTS) is 2. The maximum absolute atomic E-state index is 11.8. The molecule has 0 radical (unpaired) electrons. The van der Waals surface area contributed by atoms with Crippen LogP contribution < -0.4 is 5.32 Å². The second kappa shape index (κ2) is 5.87. The summed E-state index contributed by atoms with van der Waals surface area (Å²) in [5.74, 6) is -3.64. The number of carbonyl (C=O) groups excluding carboxylic acids is 1. The number of carboxylic acids is 2. The van der Waals surface area contributed by atoms with E-state index in [1.807, 2.05) is 0 Å². The smallest absolute Gasteiger partial charge is 0.339 e. The molecule has 0 aliphatic carbocycles. The fourth-order valence-electron chi connectivity index (χ4n) is 1.34. The van der Waals surface area contributed by atoms with Crippen LogP contribution in [-0.4, -0.2) is 33.2 Å². The Bertz CT molecular complexity index is 617. The molecule has 0 aliphatic heterocycles. The van der Waals surface area contributed by atoms with Crippen molar-refractivity contribution in [1.29, 1.82) is 0 Å². The van der Waals surface area contributed by atoms with E-state index >= 15 is 0 Å². The summed E-state index contributed by atoms with van der Waals surface area (Å²) in [6, 6.07) is 3.52. The zero-order valence-electron chi connectivity index (χ0n) is 10.8. The van der Waals surface area contributed by atoms with Gasteiger partial charge in [0.05, 0.1) is 0 Å². The van der Waals surface area contributed by atoms with Gasteiger partial charge in [-0.05, 0) is 32.0 Å². The second-order valence-corrected chi connectivity index (χ2v) is 4.05. The largest absolute Gasteiger partial charge is 0.507 e. The van der Waals surface area contributed by atoms with Crippen LogP contribution in [0.1, 0.15) is 24.2 Å². The summed E-state index contributed by atoms with van der Waals surface area (Å²) >= 11 is 0. The Morgan fingerprint density at radius 2 is 1.65 bits per heavy atom. The number of nitrogens with one attached hydrogen (secondary N) is 1. The Morgan fingerprint density at radius 3 is 2.15 bits per heavy atom. The van der Waals surface area contributed by atoms with Crippen molar-refractivity contribution in [2.45, 2.75) is 13.8 Å². The van der Waals surface area contributed by atoms with Gasteiger partial charge < -0.3 is 20.6 Å². The molecule has 7 heteroatoms. The average Bonchev–Trinajstić information content (AvgIpc) is 2.38. The Labute approximate surface area is 114 Å². The highest BCUT2D eigenvalue weighted by Crippen LogP contribution is 2.22. The maximum atomic E-state index is 11.8. The van der Waals surface area contributed by atoms with Crippen molar-refractivity contribution in [2.24, 2.45) is 0 Å². The van der Waals surface area contributed by atoms with Crippen molar-refractivity contribution in [3.05, 3.63) is 34.9 Å². The first kappa shape index (κ1) is 15.2. The van der Waals surface area contributed by atoms with Crippen LogP contribution >= 0.6 is 0 Å². The SMILES string of the molecule is C/C(C(=O)O)=C(\C)C(=O)Nc1ccc(O)c(C(=O)O)c1. The highest BCUT2D eigenvalue weighted by Gasteiger charge is 2.15. The third-order valence-electron chi connectivity index (χ3n) is 2.71. The third kappa shape index (κ3) is 3.35. The highest BCUT2D eigenvalue weighted by molar-refractivity contribution is 6.08. The first-order valence-corrected chi connectivity index (χ1v) is 5.52. The van der Waals surface area contributed by atoms with Crippen molar-refractivity contribution in [3.8, 4) is 5.75 Å². The van der Waals surface area contributed by atoms with Gasteiger partial charge in [-0.15, -0.1) is 0 Å². The van der Waals surface area contributed by atoms with E-state index in [9.17, 15) is 19.5 Å². The molecule has 4 N–H and O–H groups in total. The molecule has 0 spiro atoms. The molecule has 1 aromatic rings. The van der Waals surface area contributed by atoms with Gasteiger partial charge in [0, 0.05) is 16.8 Å². The van der Waals surface area contributed by atoms with Crippen molar-refractivity contribution < 1.29 is 29.7 Å². The number of anilines is 1. The van der Waals surface area contributed by atoms with Crippen LogP contribution in [0.3, 0.4) is 0 Å². The molecule has 20 heavy (non-hydrogen) atoms. The molecule has 0 heterocycles. The Morgan fingerprint density at radius 1 is 1.05 bits per heavy atom. The van der Waals surface area contributed by atoms with Crippen LogP contribution in [0, 0.1) is 0 Å². The molecule has 0 aliphatic rings. The van der Waals surface area contributed by atoms with Crippen molar-refractivity contribution in [1.82, 2.24) is 0 Å². The molecule has 0 bridgehead atoms. The Balaban J connectivity index is 3.03. The minimum Gasteiger partial charge on any atom is -0.507 e. The number of aromatic carboxylic acids is 1. The first-order chi connectivity index (χ1) is 9.23. The molecular formula is C13H13NO6. The molecule has 0 saturated carbocycles. The molecule has 0 fully saturated rings. The molecule has 1 aromatic carbocycles. The summed E-state index contributed by atoms with van der Waals surface area (Å²) in [6.45, 7) is 2.63. The lowest BCUT2D eigenvalue weighted by Gasteiger charge is -2.08. The standard InChI is InChI=1S/C13H13NO6/c1-6(7(2)12(17)18)11(16)14-8-3-4-10(15)9(5-8)13(19)20/h3-5,15H,1-2H3,(H,14,16)(H,17,18)(H,19,20)/b7-6-. The van der Waals surface area contributed by atoms with E-state index < -0.39 is 23.6 Å². The van der Waals surface area contributed by atoms with Gasteiger partial charge in [0.2, 0.25) is 0 Å². The number of hydrogen-bond donors (Lipinski definition) is 4. The predicted molar refractivity (Wildman–Crippen MR) is 69.7 cm³/mol. The normalized spacial score (nSPS) is 11.5. The molecular weight excluding hydrogens is 266 g/mol. The highest BCUT2D eigenvalue weighted by atomic mass is 16.4. The van der Waals surface area contributed by atoms with Gasteiger partial charge in [0.15, 0.2) is 0 Å². The Hall–Kier alpha value is -2.83. The van der Waals surface area contributed by atoms with Gasteiger partial charge in [0.1, 0.15) is 11.3 Å². The Kier molecular flexibility index (Phi) is 4.47. The van der Waals surface area contributed by atoms with Gasteiger partial charge in [-0.3, -0.25) is 4.79 Å². The van der Waals surface area contributed by atoms with Gasteiger partial charge in [-0.25, -0.2) is 9.59 Å². The van der Waals surface area contributed by atoms with Crippen LogP contribution in [0.25, 0.3) is 0 Å². The molecule has 0 saturated heterocycles. The van der Waals surface area contributed by atoms with Crippen molar-refractivity contribution in [2.75, 3.05) is 5.32 Å². The third-order valence-corrected chi connectivity index (χ3v) is 2.71. The summed E-state index contributed by atoms with van der Waals surface area (Å²) in [6.07, 6.45) is 0. The number of carbonyl (C=O) groups is 3. The minimum atomic E-state index is -1.34. The van der Waals surface area contributed by atoms with Crippen molar-refractivity contribution in [3.63, 3.8) is 0 Å². The lowest BCUT2D eigenvalue weighted by Crippen LogP contribution is -2.16. The predicted octanol–water partition coefficient (Wildman–Crippen LogP) is 1.45. The fourth-order valence-corrected chi connectivity index (χ4v) is 1.34. The van der Waals surface area contributed by atoms with E-state index in [4.69, 9.17) is 10.2 Å². The number of hydrogen-bond acceptors (Lipinski definition) is 4. The van der Waals surface area contributed by atoms with E-state index in [2.05, 4.69) is 5.32 Å². The topological polar surface area (TPSA) is 124 Å². The molecule has 7 nitrogen and oxygen atoms in total. The summed E-state index contributed by atoms with van der Waals surface area (Å²) in [5, 5.41) is 29.3. The number of phenols is 1. The summed E-state index contributed by atoms with van der Waals surface area (Å²) in [4.78, 5) is 33.4.